The number of nitrogens with zero attached hydrogens (tertiary/aromatic N) is 2. The van der Waals surface area contributed by atoms with Crippen LogP contribution in [0.25, 0.3) is 0 Å². The summed E-state index contributed by atoms with van der Waals surface area (Å²) in [6.45, 7) is 5.75. The van der Waals surface area contributed by atoms with Crippen molar-refractivity contribution in [2.24, 2.45) is 0 Å². The molecule has 2 amide bonds. The molecule has 2 aromatic rings. The van der Waals surface area contributed by atoms with Gasteiger partial charge in [-0.15, -0.1) is 10.2 Å². The second-order valence-corrected chi connectivity index (χ2v) is 5.88. The Bertz CT molecular complexity index is 565. The van der Waals surface area contributed by atoms with Gasteiger partial charge in [-0.3, -0.25) is 5.32 Å². The molecule has 0 unspecified atom stereocenters. The number of hydrogen-bond acceptors (Lipinski definition) is 4. The number of amides is 2. The summed E-state index contributed by atoms with van der Waals surface area (Å²) in [6, 6.07) is 9.52. The van der Waals surface area contributed by atoms with Crippen molar-refractivity contribution in [3.05, 3.63) is 40.9 Å². The van der Waals surface area contributed by atoms with Gasteiger partial charge in [0.25, 0.3) is 0 Å². The van der Waals surface area contributed by atoms with E-state index in [9.17, 15) is 4.79 Å². The number of urea groups is 1. The molecule has 1 aromatic heterocycles. The number of anilines is 1. The average molecular weight is 276 g/mol. The van der Waals surface area contributed by atoms with E-state index >= 15 is 0 Å². The summed E-state index contributed by atoms with van der Waals surface area (Å²) < 4.78 is 0. The molecule has 6 heteroatoms. The van der Waals surface area contributed by atoms with E-state index in [2.05, 4.69) is 20.8 Å². The Morgan fingerprint density at radius 3 is 2.47 bits per heavy atom. The highest BCUT2D eigenvalue weighted by Gasteiger charge is 2.22. The van der Waals surface area contributed by atoms with Crippen LogP contribution >= 0.6 is 11.3 Å². The van der Waals surface area contributed by atoms with Gasteiger partial charge in [-0.05, 0) is 26.3 Å². The van der Waals surface area contributed by atoms with Crippen LogP contribution in [0, 0.1) is 6.92 Å². The standard InChI is InChI=1S/C13H16N4OS/c1-9-16-17-12(19-9)14-11(18)15-13(2,3)10-7-5-4-6-8-10/h4-8H,1-3H3,(H2,14,15,17,18). The van der Waals surface area contributed by atoms with E-state index in [-0.39, 0.29) is 6.03 Å². The zero-order chi connectivity index (χ0) is 13.9. The molecule has 5 nitrogen and oxygen atoms in total. The maximum Gasteiger partial charge on any atom is 0.321 e. The van der Waals surface area contributed by atoms with Crippen molar-refractivity contribution in [1.82, 2.24) is 15.5 Å². The van der Waals surface area contributed by atoms with Gasteiger partial charge in [0, 0.05) is 0 Å². The Morgan fingerprint density at radius 1 is 1.21 bits per heavy atom. The fourth-order valence-electron chi connectivity index (χ4n) is 1.69. The number of aromatic nitrogens is 2. The number of nitrogens with one attached hydrogen (secondary N) is 2. The maximum absolute atomic E-state index is 11.9. The molecule has 1 aromatic carbocycles. The molecule has 0 saturated heterocycles. The first-order valence-electron chi connectivity index (χ1n) is 5.92. The Morgan fingerprint density at radius 2 is 1.89 bits per heavy atom. The number of carbonyl (C=O) groups excluding carboxylic acids is 1. The Balaban J connectivity index is 2.02. The fourth-order valence-corrected chi connectivity index (χ4v) is 2.27. The molecule has 0 spiro atoms. The molecule has 0 aliphatic carbocycles. The first-order chi connectivity index (χ1) is 8.97. The molecule has 0 aliphatic heterocycles. The van der Waals surface area contributed by atoms with Crippen molar-refractivity contribution in [3.63, 3.8) is 0 Å². The van der Waals surface area contributed by atoms with Crippen LogP contribution in [0.4, 0.5) is 9.93 Å². The molecule has 0 saturated carbocycles. The topological polar surface area (TPSA) is 66.9 Å². The first-order valence-corrected chi connectivity index (χ1v) is 6.74. The highest BCUT2D eigenvalue weighted by Crippen LogP contribution is 2.20. The number of rotatable bonds is 3. The molecule has 0 atom stereocenters. The predicted octanol–water partition coefficient (Wildman–Crippen LogP) is 2.90. The van der Waals surface area contributed by atoms with Crippen LogP contribution in [0.5, 0.6) is 0 Å². The van der Waals surface area contributed by atoms with E-state index in [1.54, 1.807) is 0 Å². The van der Waals surface area contributed by atoms with E-state index < -0.39 is 5.54 Å². The van der Waals surface area contributed by atoms with Crippen molar-refractivity contribution < 1.29 is 4.79 Å². The number of benzene rings is 1. The maximum atomic E-state index is 11.9. The second-order valence-electron chi connectivity index (χ2n) is 4.70. The largest absolute Gasteiger partial charge is 0.329 e. The lowest BCUT2D eigenvalue weighted by atomic mass is 9.95. The van der Waals surface area contributed by atoms with E-state index in [1.165, 1.54) is 11.3 Å². The molecular formula is C13H16N4OS. The lowest BCUT2D eigenvalue weighted by Gasteiger charge is -2.26. The number of aryl methyl sites for hydroxylation is 1. The smallest absolute Gasteiger partial charge is 0.321 e. The van der Waals surface area contributed by atoms with Gasteiger partial charge in [-0.2, -0.15) is 0 Å². The molecule has 0 fully saturated rings. The summed E-state index contributed by atoms with van der Waals surface area (Å²) in [7, 11) is 0. The van der Waals surface area contributed by atoms with Gasteiger partial charge in [0.2, 0.25) is 5.13 Å². The van der Waals surface area contributed by atoms with Gasteiger partial charge < -0.3 is 5.32 Å². The van der Waals surface area contributed by atoms with Gasteiger partial charge in [-0.1, -0.05) is 41.7 Å². The van der Waals surface area contributed by atoms with Crippen LogP contribution in [0.1, 0.15) is 24.4 Å². The Labute approximate surface area is 116 Å². The Hall–Kier alpha value is -1.95. The predicted molar refractivity (Wildman–Crippen MR) is 76.3 cm³/mol. The third kappa shape index (κ3) is 3.51. The normalized spacial score (nSPS) is 11.1. The minimum absolute atomic E-state index is 0.287. The summed E-state index contributed by atoms with van der Waals surface area (Å²) in [5.74, 6) is 0. The van der Waals surface area contributed by atoms with Crippen molar-refractivity contribution in [1.29, 1.82) is 0 Å². The zero-order valence-corrected chi connectivity index (χ0v) is 11.9. The number of hydrogen-bond donors (Lipinski definition) is 2. The summed E-state index contributed by atoms with van der Waals surface area (Å²) in [5, 5.41) is 14.6. The van der Waals surface area contributed by atoms with Gasteiger partial charge >= 0.3 is 6.03 Å². The van der Waals surface area contributed by atoms with Crippen molar-refractivity contribution in [2.45, 2.75) is 26.3 Å². The van der Waals surface area contributed by atoms with E-state index in [0.717, 1.165) is 10.6 Å². The van der Waals surface area contributed by atoms with Crippen molar-refractivity contribution in [2.75, 3.05) is 5.32 Å². The van der Waals surface area contributed by atoms with Gasteiger partial charge in [0.05, 0.1) is 5.54 Å². The average Bonchev–Trinajstić information content (AvgIpc) is 2.75. The molecule has 0 bridgehead atoms. The van der Waals surface area contributed by atoms with E-state index in [0.29, 0.717) is 5.13 Å². The van der Waals surface area contributed by atoms with Crippen LogP contribution in [0.2, 0.25) is 0 Å². The summed E-state index contributed by atoms with van der Waals surface area (Å²) in [4.78, 5) is 11.9. The SMILES string of the molecule is Cc1nnc(NC(=O)NC(C)(C)c2ccccc2)s1. The Kier molecular flexibility index (Phi) is 3.80. The molecule has 100 valence electrons. The molecular weight excluding hydrogens is 260 g/mol. The van der Waals surface area contributed by atoms with Crippen molar-refractivity contribution >= 4 is 22.5 Å². The van der Waals surface area contributed by atoms with E-state index in [1.807, 2.05) is 51.1 Å². The van der Waals surface area contributed by atoms with Crippen LogP contribution in [0.15, 0.2) is 30.3 Å². The molecule has 0 radical (unpaired) electrons. The summed E-state index contributed by atoms with van der Waals surface area (Å²) in [5.41, 5.74) is 0.587. The quantitative estimate of drug-likeness (QED) is 0.905. The molecule has 19 heavy (non-hydrogen) atoms. The minimum Gasteiger partial charge on any atom is -0.329 e. The molecule has 2 N–H and O–H groups in total. The van der Waals surface area contributed by atoms with Gasteiger partial charge in [0.15, 0.2) is 0 Å². The zero-order valence-electron chi connectivity index (χ0n) is 11.1. The highest BCUT2D eigenvalue weighted by molar-refractivity contribution is 7.15. The van der Waals surface area contributed by atoms with Gasteiger partial charge in [0.1, 0.15) is 5.01 Å². The van der Waals surface area contributed by atoms with Crippen LogP contribution in [0.3, 0.4) is 0 Å². The summed E-state index contributed by atoms with van der Waals surface area (Å²) >= 11 is 1.34. The molecule has 1 heterocycles. The monoisotopic (exact) mass is 276 g/mol. The minimum atomic E-state index is -0.453. The van der Waals surface area contributed by atoms with Crippen molar-refractivity contribution in [3.8, 4) is 0 Å². The van der Waals surface area contributed by atoms with Crippen LogP contribution in [-0.4, -0.2) is 16.2 Å². The molecule has 2 rings (SSSR count). The third-order valence-corrected chi connectivity index (χ3v) is 3.42. The first kappa shape index (κ1) is 13.5. The second kappa shape index (κ2) is 5.36. The highest BCUT2D eigenvalue weighted by atomic mass is 32.1. The fraction of sp³-hybridized carbons (Fsp3) is 0.308. The third-order valence-electron chi connectivity index (χ3n) is 2.67. The lowest BCUT2D eigenvalue weighted by Crippen LogP contribution is -2.43. The van der Waals surface area contributed by atoms with Crippen LogP contribution in [-0.2, 0) is 5.54 Å². The summed E-state index contributed by atoms with van der Waals surface area (Å²) in [6.07, 6.45) is 0. The molecule has 0 aliphatic rings. The lowest BCUT2D eigenvalue weighted by molar-refractivity contribution is 0.242. The van der Waals surface area contributed by atoms with Crippen LogP contribution < -0.4 is 10.6 Å². The van der Waals surface area contributed by atoms with E-state index in [4.69, 9.17) is 0 Å². The van der Waals surface area contributed by atoms with Gasteiger partial charge in [-0.25, -0.2) is 4.79 Å². The number of carbonyl (C=O) groups is 1.